The van der Waals surface area contributed by atoms with Crippen molar-refractivity contribution in [1.82, 2.24) is 19.4 Å². The summed E-state index contributed by atoms with van der Waals surface area (Å²) >= 11 is 0. The molecular weight excluding hydrogens is 200 g/mol. The zero-order valence-corrected chi connectivity index (χ0v) is 8.38. The quantitative estimate of drug-likeness (QED) is 0.482. The molecule has 0 unspecified atom stereocenters. The van der Waals surface area contributed by atoms with Crippen molar-refractivity contribution in [2.45, 2.75) is 0 Å². The Bertz CT molecular complexity index is 740. The smallest absolute Gasteiger partial charge is 0.165 e. The van der Waals surface area contributed by atoms with Crippen molar-refractivity contribution in [3.63, 3.8) is 0 Å². The lowest BCUT2D eigenvalue weighted by atomic mass is 10.2. The highest BCUT2D eigenvalue weighted by Crippen LogP contribution is 2.24. The van der Waals surface area contributed by atoms with E-state index in [0.29, 0.717) is 0 Å². The maximum atomic E-state index is 4.29. The molecule has 0 saturated heterocycles. The number of hydrogen-bond acceptors (Lipinski definition) is 2. The second-order valence-electron chi connectivity index (χ2n) is 3.82. The fraction of sp³-hybridized carbons (Fsp3) is 0. The molecule has 16 heavy (non-hydrogen) atoms. The van der Waals surface area contributed by atoms with Crippen LogP contribution in [0, 0.1) is 0 Å². The maximum absolute atomic E-state index is 4.29. The Morgan fingerprint density at radius 2 is 2.12 bits per heavy atom. The van der Waals surface area contributed by atoms with Crippen molar-refractivity contribution < 1.29 is 0 Å². The first kappa shape index (κ1) is 7.87. The number of fused-ring (bicyclic) bond motifs is 5. The van der Waals surface area contributed by atoms with Crippen molar-refractivity contribution >= 4 is 27.6 Å². The standard InChI is InChI=1S/C12H8N4/c1-2-4-9-8(3-1)6-16-11(9)15-10-5-13-7-14-12(10)16/h1-7,15H. The van der Waals surface area contributed by atoms with Crippen LogP contribution in [-0.4, -0.2) is 19.4 Å². The average molecular weight is 208 g/mol. The Morgan fingerprint density at radius 1 is 1.19 bits per heavy atom. The van der Waals surface area contributed by atoms with Crippen molar-refractivity contribution in [1.29, 1.82) is 0 Å². The van der Waals surface area contributed by atoms with Gasteiger partial charge in [-0.05, 0) is 0 Å². The van der Waals surface area contributed by atoms with Crippen LogP contribution >= 0.6 is 0 Å². The van der Waals surface area contributed by atoms with E-state index in [1.807, 2.05) is 12.1 Å². The van der Waals surface area contributed by atoms with Gasteiger partial charge in [0.2, 0.25) is 0 Å². The summed E-state index contributed by atoms with van der Waals surface area (Å²) in [5.74, 6) is 0. The van der Waals surface area contributed by atoms with Crippen molar-refractivity contribution in [3.8, 4) is 0 Å². The first-order valence-corrected chi connectivity index (χ1v) is 5.11. The summed E-state index contributed by atoms with van der Waals surface area (Å²) in [4.78, 5) is 11.6. The van der Waals surface area contributed by atoms with Gasteiger partial charge in [-0.1, -0.05) is 24.3 Å². The lowest BCUT2D eigenvalue weighted by molar-refractivity contribution is 1.16. The van der Waals surface area contributed by atoms with Crippen molar-refractivity contribution in [2.75, 3.05) is 0 Å². The minimum absolute atomic E-state index is 0.918. The maximum Gasteiger partial charge on any atom is 0.165 e. The van der Waals surface area contributed by atoms with E-state index >= 15 is 0 Å². The summed E-state index contributed by atoms with van der Waals surface area (Å²) in [6.07, 6.45) is 5.46. The van der Waals surface area contributed by atoms with E-state index in [1.165, 1.54) is 10.8 Å². The molecule has 4 heteroatoms. The van der Waals surface area contributed by atoms with Gasteiger partial charge in [-0.3, -0.25) is 4.40 Å². The molecule has 1 aromatic carbocycles. The van der Waals surface area contributed by atoms with Crippen LogP contribution in [-0.2, 0) is 0 Å². The first-order valence-electron chi connectivity index (χ1n) is 5.11. The fourth-order valence-electron chi connectivity index (χ4n) is 2.18. The number of hydrogen-bond donors (Lipinski definition) is 1. The highest BCUT2D eigenvalue weighted by Gasteiger charge is 2.08. The van der Waals surface area contributed by atoms with Crippen LogP contribution in [0.25, 0.3) is 27.6 Å². The Morgan fingerprint density at radius 3 is 3.12 bits per heavy atom. The van der Waals surface area contributed by atoms with Gasteiger partial charge in [0, 0.05) is 17.0 Å². The summed E-state index contributed by atoms with van der Waals surface area (Å²) < 4.78 is 2.07. The van der Waals surface area contributed by atoms with Gasteiger partial charge in [0.1, 0.15) is 17.5 Å². The highest BCUT2D eigenvalue weighted by molar-refractivity contribution is 5.99. The average Bonchev–Trinajstić information content (AvgIpc) is 2.85. The lowest BCUT2D eigenvalue weighted by Crippen LogP contribution is -1.81. The molecule has 0 aliphatic rings. The van der Waals surface area contributed by atoms with Gasteiger partial charge in [0.15, 0.2) is 5.65 Å². The monoisotopic (exact) mass is 208 g/mol. The third-order valence-electron chi connectivity index (χ3n) is 2.90. The fourth-order valence-corrected chi connectivity index (χ4v) is 2.18. The van der Waals surface area contributed by atoms with Gasteiger partial charge in [-0.2, -0.15) is 0 Å². The molecule has 4 rings (SSSR count). The minimum Gasteiger partial charge on any atom is -0.336 e. The van der Waals surface area contributed by atoms with Crippen molar-refractivity contribution in [3.05, 3.63) is 43.0 Å². The van der Waals surface area contributed by atoms with Gasteiger partial charge in [0.25, 0.3) is 0 Å². The van der Waals surface area contributed by atoms with Gasteiger partial charge < -0.3 is 4.98 Å². The number of rotatable bonds is 0. The molecule has 0 bridgehead atoms. The molecule has 1 N–H and O–H groups in total. The molecule has 0 spiro atoms. The van der Waals surface area contributed by atoms with Crippen LogP contribution in [0.5, 0.6) is 0 Å². The Labute approximate surface area is 90.6 Å². The van der Waals surface area contributed by atoms with Crippen LogP contribution in [0.1, 0.15) is 0 Å². The van der Waals surface area contributed by atoms with Crippen LogP contribution in [0.4, 0.5) is 0 Å². The number of imidazole rings is 1. The van der Waals surface area contributed by atoms with Gasteiger partial charge in [-0.15, -0.1) is 0 Å². The van der Waals surface area contributed by atoms with E-state index in [1.54, 1.807) is 12.5 Å². The van der Waals surface area contributed by atoms with Gasteiger partial charge in [0.05, 0.1) is 6.20 Å². The second-order valence-corrected chi connectivity index (χ2v) is 3.82. The molecule has 0 fully saturated rings. The third-order valence-corrected chi connectivity index (χ3v) is 2.90. The predicted octanol–water partition coefficient (Wildman–Crippen LogP) is 2.36. The highest BCUT2D eigenvalue weighted by atomic mass is 15.1. The Hall–Kier alpha value is -2.36. The van der Waals surface area contributed by atoms with Crippen LogP contribution in [0.3, 0.4) is 0 Å². The summed E-state index contributed by atoms with van der Waals surface area (Å²) in [6, 6.07) is 8.29. The molecule has 0 aliphatic heterocycles. The van der Waals surface area contributed by atoms with E-state index in [4.69, 9.17) is 0 Å². The molecule has 3 heterocycles. The number of benzene rings is 1. The molecule has 0 radical (unpaired) electrons. The number of aromatic nitrogens is 4. The first-order chi connectivity index (χ1) is 7.93. The van der Waals surface area contributed by atoms with Gasteiger partial charge in [-0.25, -0.2) is 9.97 Å². The number of nitrogens with one attached hydrogen (secondary N) is 1. The zero-order chi connectivity index (χ0) is 10.5. The number of aromatic amines is 1. The Kier molecular flexibility index (Phi) is 1.28. The summed E-state index contributed by atoms with van der Waals surface area (Å²) in [5.41, 5.74) is 2.95. The summed E-state index contributed by atoms with van der Waals surface area (Å²) in [7, 11) is 0. The Balaban J connectivity index is 2.35. The van der Waals surface area contributed by atoms with Crippen LogP contribution in [0.2, 0.25) is 0 Å². The van der Waals surface area contributed by atoms with Crippen LogP contribution < -0.4 is 0 Å². The molecule has 3 aromatic heterocycles. The van der Waals surface area contributed by atoms with Crippen molar-refractivity contribution in [2.24, 2.45) is 0 Å². The van der Waals surface area contributed by atoms with E-state index in [2.05, 4.69) is 37.7 Å². The molecule has 76 valence electrons. The second kappa shape index (κ2) is 2.61. The zero-order valence-electron chi connectivity index (χ0n) is 8.38. The summed E-state index contributed by atoms with van der Waals surface area (Å²) in [5, 5.41) is 2.43. The van der Waals surface area contributed by atoms with Crippen LogP contribution in [0.15, 0.2) is 43.0 Å². The molecule has 4 nitrogen and oxygen atoms in total. The largest absolute Gasteiger partial charge is 0.336 e. The third kappa shape index (κ3) is 0.839. The van der Waals surface area contributed by atoms with E-state index < -0.39 is 0 Å². The predicted molar refractivity (Wildman–Crippen MR) is 62.3 cm³/mol. The number of nitrogens with zero attached hydrogens (tertiary/aromatic N) is 3. The number of H-pyrrole nitrogens is 1. The lowest BCUT2D eigenvalue weighted by Gasteiger charge is -1.87. The molecular formula is C12H8N4. The van der Waals surface area contributed by atoms with Gasteiger partial charge >= 0.3 is 0 Å². The molecule has 4 aromatic rings. The summed E-state index contributed by atoms with van der Waals surface area (Å²) in [6.45, 7) is 0. The topological polar surface area (TPSA) is 46.0 Å². The molecule has 0 amide bonds. The van der Waals surface area contributed by atoms with E-state index in [9.17, 15) is 0 Å². The molecule has 0 aliphatic carbocycles. The molecule has 0 saturated carbocycles. The normalized spacial score (nSPS) is 11.8. The van der Waals surface area contributed by atoms with E-state index in [-0.39, 0.29) is 0 Å². The SMILES string of the molecule is c1ccc2c(c1)cn1c3ncncc3[nH]c21. The molecule has 0 atom stereocenters. The van der Waals surface area contributed by atoms with E-state index in [0.717, 1.165) is 16.8 Å². The minimum atomic E-state index is 0.918.